The summed E-state index contributed by atoms with van der Waals surface area (Å²) < 4.78 is 9.79. The maximum absolute atomic E-state index is 6.12. The van der Waals surface area contributed by atoms with Gasteiger partial charge in [0.1, 0.15) is 12.3 Å². The van der Waals surface area contributed by atoms with Gasteiger partial charge < -0.3 is 9.64 Å². The fourth-order valence-corrected chi connectivity index (χ4v) is 3.48. The third kappa shape index (κ3) is 3.68. The standard InChI is InChI=1S/C17H20ClN5OS/c1-11-7-12(2)23-16(19-11)20-22(17(23)25)10-21(3)9-13-8-14(18)5-6-15(13)24-4/h5-8H,9-10H2,1-4H3/p+1. The van der Waals surface area contributed by atoms with Crippen molar-refractivity contribution >= 4 is 29.6 Å². The summed E-state index contributed by atoms with van der Waals surface area (Å²) in [7, 11) is 3.74. The van der Waals surface area contributed by atoms with Gasteiger partial charge in [0.25, 0.3) is 5.78 Å². The van der Waals surface area contributed by atoms with Gasteiger partial charge in [-0.25, -0.2) is 4.98 Å². The Bertz CT molecular complexity index is 981. The van der Waals surface area contributed by atoms with Crippen LogP contribution in [0.4, 0.5) is 0 Å². The van der Waals surface area contributed by atoms with Crippen LogP contribution in [0.25, 0.3) is 5.78 Å². The molecule has 132 valence electrons. The van der Waals surface area contributed by atoms with Crippen LogP contribution in [0.3, 0.4) is 0 Å². The van der Waals surface area contributed by atoms with Crippen LogP contribution >= 0.6 is 23.8 Å². The Balaban J connectivity index is 1.87. The van der Waals surface area contributed by atoms with Gasteiger partial charge in [-0.1, -0.05) is 11.6 Å². The quantitative estimate of drug-likeness (QED) is 0.691. The lowest BCUT2D eigenvalue weighted by Gasteiger charge is -2.15. The minimum atomic E-state index is 0.621. The summed E-state index contributed by atoms with van der Waals surface area (Å²) in [6, 6.07) is 7.65. The number of rotatable bonds is 5. The predicted molar refractivity (Wildman–Crippen MR) is 99.9 cm³/mol. The van der Waals surface area contributed by atoms with E-state index in [0.29, 0.717) is 22.2 Å². The molecule has 3 aromatic rings. The Kier molecular flexibility index (Phi) is 5.08. The number of hydrogen-bond acceptors (Lipinski definition) is 4. The van der Waals surface area contributed by atoms with Gasteiger partial charge in [-0.15, -0.1) is 5.10 Å². The highest BCUT2D eigenvalue weighted by molar-refractivity contribution is 7.71. The highest BCUT2D eigenvalue weighted by atomic mass is 35.5. The average molecular weight is 379 g/mol. The summed E-state index contributed by atoms with van der Waals surface area (Å²) in [5.41, 5.74) is 3.02. The van der Waals surface area contributed by atoms with Crippen molar-refractivity contribution in [2.24, 2.45) is 0 Å². The Hall–Kier alpha value is -1.96. The Morgan fingerprint density at radius 1 is 1.28 bits per heavy atom. The van der Waals surface area contributed by atoms with E-state index in [9.17, 15) is 0 Å². The van der Waals surface area contributed by atoms with Crippen molar-refractivity contribution in [3.8, 4) is 5.75 Å². The number of nitrogens with zero attached hydrogens (tertiary/aromatic N) is 4. The van der Waals surface area contributed by atoms with Crippen LogP contribution in [-0.2, 0) is 13.2 Å². The Labute approximate surface area is 156 Å². The van der Waals surface area contributed by atoms with Gasteiger partial charge in [-0.3, -0.25) is 4.40 Å². The number of halogens is 1. The first-order valence-electron chi connectivity index (χ1n) is 7.96. The molecule has 1 atom stereocenters. The van der Waals surface area contributed by atoms with Gasteiger partial charge in [0.05, 0.1) is 14.2 Å². The molecule has 0 aliphatic carbocycles. The molecule has 1 N–H and O–H groups in total. The fraction of sp³-hybridized carbons (Fsp3) is 0.353. The molecule has 2 heterocycles. The number of hydrogen-bond donors (Lipinski definition) is 1. The van der Waals surface area contributed by atoms with E-state index in [1.807, 2.05) is 47.2 Å². The van der Waals surface area contributed by atoms with Gasteiger partial charge in [0, 0.05) is 22.0 Å². The molecule has 25 heavy (non-hydrogen) atoms. The molecule has 1 aromatic carbocycles. The number of aromatic nitrogens is 4. The smallest absolute Gasteiger partial charge is 0.254 e. The number of quaternary nitrogens is 1. The number of benzene rings is 1. The van der Waals surface area contributed by atoms with E-state index in [0.717, 1.165) is 29.2 Å². The molecule has 0 saturated heterocycles. The number of ether oxygens (including phenoxy) is 1. The van der Waals surface area contributed by atoms with Crippen LogP contribution in [0, 0.1) is 18.6 Å². The minimum Gasteiger partial charge on any atom is -0.496 e. The maximum atomic E-state index is 6.12. The van der Waals surface area contributed by atoms with Crippen LogP contribution in [0.5, 0.6) is 5.75 Å². The van der Waals surface area contributed by atoms with Crippen LogP contribution in [0.15, 0.2) is 24.3 Å². The van der Waals surface area contributed by atoms with Crippen LogP contribution in [0.2, 0.25) is 5.02 Å². The van der Waals surface area contributed by atoms with Gasteiger partial charge >= 0.3 is 0 Å². The van der Waals surface area contributed by atoms with E-state index < -0.39 is 0 Å². The first-order valence-corrected chi connectivity index (χ1v) is 8.75. The third-order valence-corrected chi connectivity index (χ3v) is 4.65. The molecule has 0 saturated carbocycles. The zero-order valence-electron chi connectivity index (χ0n) is 14.7. The molecule has 0 aliphatic rings. The Morgan fingerprint density at radius 2 is 2.04 bits per heavy atom. The molecule has 2 aromatic heterocycles. The summed E-state index contributed by atoms with van der Waals surface area (Å²) in [6.45, 7) is 5.33. The SMILES string of the molecule is COc1ccc(Cl)cc1C[NH+](C)Cn1nc2nc(C)cc(C)n2c1=S. The van der Waals surface area contributed by atoms with Crippen molar-refractivity contribution in [1.82, 2.24) is 19.2 Å². The number of methoxy groups -OCH3 is 1. The molecular weight excluding hydrogens is 358 g/mol. The monoisotopic (exact) mass is 378 g/mol. The van der Waals surface area contributed by atoms with E-state index >= 15 is 0 Å². The molecule has 6 nitrogen and oxygen atoms in total. The predicted octanol–water partition coefficient (Wildman–Crippen LogP) is 2.21. The largest absolute Gasteiger partial charge is 0.496 e. The molecule has 8 heteroatoms. The first kappa shape index (κ1) is 17.8. The lowest BCUT2D eigenvalue weighted by molar-refractivity contribution is -0.917. The number of nitrogens with one attached hydrogen (secondary N) is 1. The Morgan fingerprint density at radius 3 is 2.76 bits per heavy atom. The van der Waals surface area contributed by atoms with Crippen LogP contribution in [-0.4, -0.2) is 33.3 Å². The van der Waals surface area contributed by atoms with E-state index in [1.54, 1.807) is 7.11 Å². The minimum absolute atomic E-state index is 0.621. The third-order valence-electron chi connectivity index (χ3n) is 4.02. The second-order valence-electron chi connectivity index (χ2n) is 6.20. The molecular formula is C17H21ClN5OS+. The zero-order chi connectivity index (χ0) is 18.1. The molecule has 0 bridgehead atoms. The average Bonchev–Trinajstić information content (AvgIpc) is 2.83. The van der Waals surface area contributed by atoms with Crippen molar-refractivity contribution in [2.75, 3.05) is 14.2 Å². The summed E-state index contributed by atoms with van der Waals surface area (Å²) >= 11 is 11.7. The lowest BCUT2D eigenvalue weighted by atomic mass is 10.2. The summed E-state index contributed by atoms with van der Waals surface area (Å²) in [5.74, 6) is 1.46. The first-order chi connectivity index (χ1) is 11.9. The van der Waals surface area contributed by atoms with Crippen LogP contribution in [0.1, 0.15) is 17.0 Å². The van der Waals surface area contributed by atoms with Crippen molar-refractivity contribution in [1.29, 1.82) is 0 Å². The number of fused-ring (bicyclic) bond motifs is 1. The van der Waals surface area contributed by atoms with Crippen molar-refractivity contribution in [2.45, 2.75) is 27.1 Å². The molecule has 0 fully saturated rings. The summed E-state index contributed by atoms with van der Waals surface area (Å²) in [6.07, 6.45) is 0. The molecule has 0 spiro atoms. The second kappa shape index (κ2) is 7.11. The topological polar surface area (TPSA) is 48.8 Å². The van der Waals surface area contributed by atoms with Crippen molar-refractivity contribution in [3.05, 3.63) is 51.0 Å². The van der Waals surface area contributed by atoms with Gasteiger partial charge in [0.2, 0.25) is 4.77 Å². The van der Waals surface area contributed by atoms with E-state index in [2.05, 4.69) is 17.1 Å². The van der Waals surface area contributed by atoms with Crippen molar-refractivity contribution in [3.63, 3.8) is 0 Å². The second-order valence-corrected chi connectivity index (χ2v) is 7.01. The van der Waals surface area contributed by atoms with Gasteiger partial charge in [-0.05, 0) is 50.3 Å². The summed E-state index contributed by atoms with van der Waals surface area (Å²) in [4.78, 5) is 5.67. The zero-order valence-corrected chi connectivity index (χ0v) is 16.3. The maximum Gasteiger partial charge on any atom is 0.254 e. The van der Waals surface area contributed by atoms with E-state index in [1.165, 1.54) is 4.90 Å². The molecule has 3 rings (SSSR count). The molecule has 0 aliphatic heterocycles. The highest BCUT2D eigenvalue weighted by Crippen LogP contribution is 2.21. The highest BCUT2D eigenvalue weighted by Gasteiger charge is 2.14. The van der Waals surface area contributed by atoms with Gasteiger partial charge in [-0.2, -0.15) is 4.68 Å². The van der Waals surface area contributed by atoms with Crippen LogP contribution < -0.4 is 9.64 Å². The van der Waals surface area contributed by atoms with Gasteiger partial charge in [0.15, 0.2) is 6.67 Å². The van der Waals surface area contributed by atoms with E-state index in [-0.39, 0.29) is 0 Å². The van der Waals surface area contributed by atoms with Crippen molar-refractivity contribution < 1.29 is 9.64 Å². The van der Waals surface area contributed by atoms with E-state index in [4.69, 9.17) is 28.6 Å². The number of aryl methyl sites for hydroxylation is 2. The fourth-order valence-electron chi connectivity index (χ4n) is 2.96. The lowest BCUT2D eigenvalue weighted by Crippen LogP contribution is -3.07. The summed E-state index contributed by atoms with van der Waals surface area (Å²) in [5, 5.41) is 5.26. The molecule has 0 radical (unpaired) electrons. The molecule has 1 unspecified atom stereocenters. The normalized spacial score (nSPS) is 12.5. The molecule has 0 amide bonds.